The summed E-state index contributed by atoms with van der Waals surface area (Å²) in [5.74, 6) is 0. The van der Waals surface area contributed by atoms with Gasteiger partial charge in [0.2, 0.25) is 0 Å². The number of rotatable bonds is 1. The highest BCUT2D eigenvalue weighted by Crippen LogP contribution is 2.15. The number of hydrogen-bond acceptors (Lipinski definition) is 3. The van der Waals surface area contributed by atoms with Crippen LogP contribution in [0.15, 0.2) is 12.3 Å². The van der Waals surface area contributed by atoms with Crippen LogP contribution in [-0.4, -0.2) is 14.6 Å². The molecular weight excluding hydrogens is 235 g/mol. The number of aromatic nitrogens is 3. The van der Waals surface area contributed by atoms with Crippen molar-refractivity contribution in [2.45, 2.75) is 19.9 Å². The Morgan fingerprint density at radius 3 is 2.80 bits per heavy atom. The molecular formula is C9H12Cl2N4. The zero-order chi connectivity index (χ0) is 10.3. The molecule has 2 N–H and O–H groups in total. The molecule has 6 heteroatoms. The van der Waals surface area contributed by atoms with E-state index in [0.717, 1.165) is 16.9 Å². The summed E-state index contributed by atoms with van der Waals surface area (Å²) >= 11 is 5.89. The summed E-state index contributed by atoms with van der Waals surface area (Å²) < 4.78 is 1.69. The first-order chi connectivity index (χ1) is 6.58. The maximum atomic E-state index is 5.89. The average molecular weight is 247 g/mol. The van der Waals surface area contributed by atoms with Crippen molar-refractivity contribution in [3.8, 4) is 0 Å². The summed E-state index contributed by atoms with van der Waals surface area (Å²) in [6.07, 6.45) is 1.84. The lowest BCUT2D eigenvalue weighted by molar-refractivity contribution is 0.754. The molecule has 0 aromatic carbocycles. The molecule has 0 aliphatic carbocycles. The van der Waals surface area contributed by atoms with Crippen molar-refractivity contribution in [2.24, 2.45) is 5.73 Å². The Balaban J connectivity index is 0.00000112. The second-order valence-corrected chi connectivity index (χ2v) is 3.73. The normalized spacial score (nSPS) is 12.5. The first-order valence-electron chi connectivity index (χ1n) is 4.36. The van der Waals surface area contributed by atoms with Crippen molar-refractivity contribution in [3.63, 3.8) is 0 Å². The molecule has 2 rings (SSSR count). The van der Waals surface area contributed by atoms with Crippen molar-refractivity contribution >= 4 is 29.7 Å². The Morgan fingerprint density at radius 2 is 2.20 bits per heavy atom. The Bertz CT molecular complexity index is 439. The first-order valence-corrected chi connectivity index (χ1v) is 4.73. The largest absolute Gasteiger partial charge is 0.323 e. The van der Waals surface area contributed by atoms with Crippen molar-refractivity contribution in [2.75, 3.05) is 0 Å². The molecule has 0 fully saturated rings. The van der Waals surface area contributed by atoms with Gasteiger partial charge in [-0.15, -0.1) is 12.4 Å². The number of aryl methyl sites for hydroxylation is 1. The van der Waals surface area contributed by atoms with Gasteiger partial charge in [-0.1, -0.05) is 11.6 Å². The van der Waals surface area contributed by atoms with Crippen LogP contribution in [0.2, 0.25) is 5.15 Å². The molecule has 0 amide bonds. The molecule has 2 aromatic rings. The molecule has 15 heavy (non-hydrogen) atoms. The van der Waals surface area contributed by atoms with Gasteiger partial charge in [0.15, 0.2) is 5.65 Å². The van der Waals surface area contributed by atoms with Gasteiger partial charge < -0.3 is 5.73 Å². The molecule has 0 bridgehead atoms. The number of halogens is 2. The van der Waals surface area contributed by atoms with E-state index in [1.165, 1.54) is 0 Å². The smallest absolute Gasteiger partial charge is 0.157 e. The van der Waals surface area contributed by atoms with E-state index in [0.29, 0.717) is 5.15 Å². The SMILES string of the molecule is Cc1cn2nc([C@H](C)N)cc2nc1Cl.Cl. The summed E-state index contributed by atoms with van der Waals surface area (Å²) in [7, 11) is 0. The lowest BCUT2D eigenvalue weighted by Crippen LogP contribution is -2.05. The van der Waals surface area contributed by atoms with E-state index in [4.69, 9.17) is 17.3 Å². The zero-order valence-electron chi connectivity index (χ0n) is 8.44. The predicted molar refractivity (Wildman–Crippen MR) is 62.6 cm³/mol. The quantitative estimate of drug-likeness (QED) is 0.785. The topological polar surface area (TPSA) is 56.2 Å². The number of nitrogens with zero attached hydrogens (tertiary/aromatic N) is 3. The van der Waals surface area contributed by atoms with Gasteiger partial charge in [-0.25, -0.2) is 9.50 Å². The van der Waals surface area contributed by atoms with Crippen molar-refractivity contribution in [1.29, 1.82) is 0 Å². The summed E-state index contributed by atoms with van der Waals surface area (Å²) in [6, 6.07) is 1.76. The van der Waals surface area contributed by atoms with Gasteiger partial charge in [-0.2, -0.15) is 5.10 Å². The van der Waals surface area contributed by atoms with Crippen molar-refractivity contribution in [1.82, 2.24) is 14.6 Å². The molecule has 0 saturated heterocycles. The minimum atomic E-state index is -0.0872. The Labute approximate surface area is 98.8 Å². The Hall–Kier alpha value is -0.840. The zero-order valence-corrected chi connectivity index (χ0v) is 10.0. The number of fused-ring (bicyclic) bond motifs is 1. The van der Waals surface area contributed by atoms with Crippen LogP contribution in [0.3, 0.4) is 0 Å². The van der Waals surface area contributed by atoms with Crippen LogP contribution in [0.4, 0.5) is 0 Å². The summed E-state index contributed by atoms with van der Waals surface area (Å²) in [5.41, 5.74) is 8.17. The van der Waals surface area contributed by atoms with Gasteiger partial charge in [0.1, 0.15) is 5.15 Å². The second kappa shape index (κ2) is 4.35. The van der Waals surface area contributed by atoms with Crippen LogP contribution in [0.5, 0.6) is 0 Å². The monoisotopic (exact) mass is 246 g/mol. The highest BCUT2D eigenvalue weighted by Gasteiger charge is 2.08. The number of hydrogen-bond donors (Lipinski definition) is 1. The fraction of sp³-hybridized carbons (Fsp3) is 0.333. The summed E-state index contributed by atoms with van der Waals surface area (Å²) in [6.45, 7) is 3.78. The fourth-order valence-corrected chi connectivity index (χ4v) is 1.36. The molecule has 4 nitrogen and oxygen atoms in total. The maximum Gasteiger partial charge on any atom is 0.157 e. The third kappa shape index (κ3) is 2.22. The van der Waals surface area contributed by atoms with Gasteiger partial charge in [0.05, 0.1) is 5.69 Å². The molecule has 0 saturated carbocycles. The van der Waals surface area contributed by atoms with Crippen LogP contribution in [0.1, 0.15) is 24.2 Å². The predicted octanol–water partition coefficient (Wildman–Crippen LogP) is 2.13. The molecule has 82 valence electrons. The summed E-state index contributed by atoms with van der Waals surface area (Å²) in [5, 5.41) is 4.79. The third-order valence-electron chi connectivity index (χ3n) is 2.06. The molecule has 0 unspecified atom stereocenters. The van der Waals surface area contributed by atoms with E-state index < -0.39 is 0 Å². The lowest BCUT2D eigenvalue weighted by atomic mass is 10.2. The minimum Gasteiger partial charge on any atom is -0.323 e. The molecule has 0 aliphatic heterocycles. The van der Waals surface area contributed by atoms with Crippen LogP contribution in [-0.2, 0) is 0 Å². The second-order valence-electron chi connectivity index (χ2n) is 3.38. The molecule has 0 spiro atoms. The molecule has 2 heterocycles. The van der Waals surface area contributed by atoms with E-state index in [2.05, 4.69) is 10.1 Å². The van der Waals surface area contributed by atoms with Crippen LogP contribution in [0.25, 0.3) is 5.65 Å². The lowest BCUT2D eigenvalue weighted by Gasteiger charge is -1.97. The highest BCUT2D eigenvalue weighted by atomic mass is 35.5. The van der Waals surface area contributed by atoms with Gasteiger partial charge in [-0.05, 0) is 13.8 Å². The van der Waals surface area contributed by atoms with E-state index in [9.17, 15) is 0 Å². The van der Waals surface area contributed by atoms with Crippen molar-refractivity contribution in [3.05, 3.63) is 28.7 Å². The van der Waals surface area contributed by atoms with E-state index in [1.807, 2.05) is 26.1 Å². The molecule has 0 radical (unpaired) electrons. The minimum absolute atomic E-state index is 0. The van der Waals surface area contributed by atoms with Gasteiger partial charge >= 0.3 is 0 Å². The molecule has 0 aliphatic rings. The van der Waals surface area contributed by atoms with Crippen LogP contribution >= 0.6 is 24.0 Å². The van der Waals surface area contributed by atoms with Crippen LogP contribution < -0.4 is 5.73 Å². The van der Waals surface area contributed by atoms with Crippen molar-refractivity contribution < 1.29 is 0 Å². The highest BCUT2D eigenvalue weighted by molar-refractivity contribution is 6.30. The number of nitrogens with two attached hydrogens (primary N) is 1. The van der Waals surface area contributed by atoms with E-state index in [-0.39, 0.29) is 18.4 Å². The molecule has 2 aromatic heterocycles. The van der Waals surface area contributed by atoms with E-state index >= 15 is 0 Å². The standard InChI is InChI=1S/C9H11ClN4.ClH/c1-5-4-14-8(12-9(5)10)3-7(13-14)6(2)11;/h3-4,6H,11H2,1-2H3;1H/t6-;/m0./s1. The maximum absolute atomic E-state index is 5.89. The summed E-state index contributed by atoms with van der Waals surface area (Å²) in [4.78, 5) is 4.19. The third-order valence-corrected chi connectivity index (χ3v) is 2.44. The van der Waals surface area contributed by atoms with Crippen LogP contribution in [0, 0.1) is 6.92 Å². The first kappa shape index (κ1) is 12.2. The van der Waals surface area contributed by atoms with Gasteiger partial charge in [-0.3, -0.25) is 0 Å². The van der Waals surface area contributed by atoms with Gasteiger partial charge in [0, 0.05) is 23.9 Å². The Kier molecular flexibility index (Phi) is 3.54. The molecule has 1 atom stereocenters. The fourth-order valence-electron chi connectivity index (χ4n) is 1.23. The van der Waals surface area contributed by atoms with Gasteiger partial charge in [0.25, 0.3) is 0 Å². The Morgan fingerprint density at radius 1 is 1.53 bits per heavy atom. The van der Waals surface area contributed by atoms with E-state index in [1.54, 1.807) is 4.52 Å². The average Bonchev–Trinajstić information content (AvgIpc) is 2.48.